The van der Waals surface area contributed by atoms with Crippen molar-refractivity contribution in [2.45, 2.75) is 44.8 Å². The van der Waals surface area contributed by atoms with Gasteiger partial charge in [0, 0.05) is 32.3 Å². The van der Waals surface area contributed by atoms with Crippen LogP contribution in [0, 0.1) is 0 Å². The topological polar surface area (TPSA) is 24.5 Å². The van der Waals surface area contributed by atoms with Gasteiger partial charge in [0.15, 0.2) is 0 Å². The van der Waals surface area contributed by atoms with Crippen LogP contribution >= 0.6 is 0 Å². The summed E-state index contributed by atoms with van der Waals surface area (Å²) in [6.07, 6.45) is 5.65. The van der Waals surface area contributed by atoms with E-state index in [1.807, 2.05) is 0 Å². The van der Waals surface area contributed by atoms with Crippen molar-refractivity contribution in [2.75, 3.05) is 32.8 Å². The van der Waals surface area contributed by atoms with Crippen molar-refractivity contribution < 1.29 is 4.74 Å². The number of nitrogens with one attached hydrogen (secondary N) is 1. The van der Waals surface area contributed by atoms with Crippen LogP contribution in [0.5, 0.6) is 0 Å². The first-order valence-corrected chi connectivity index (χ1v) is 6.42. The summed E-state index contributed by atoms with van der Waals surface area (Å²) < 4.78 is 5.79. The first-order chi connectivity index (χ1) is 7.34. The van der Waals surface area contributed by atoms with E-state index in [0.29, 0.717) is 12.1 Å². The van der Waals surface area contributed by atoms with Gasteiger partial charge in [-0.1, -0.05) is 0 Å². The molecule has 0 aliphatic carbocycles. The second kappa shape index (κ2) is 5.83. The minimum atomic E-state index is 0.507. The molecule has 2 saturated heterocycles. The van der Waals surface area contributed by atoms with E-state index < -0.39 is 0 Å². The van der Waals surface area contributed by atoms with Crippen molar-refractivity contribution in [3.63, 3.8) is 0 Å². The highest BCUT2D eigenvalue weighted by atomic mass is 16.5. The van der Waals surface area contributed by atoms with Crippen molar-refractivity contribution in [1.82, 2.24) is 10.2 Å². The Morgan fingerprint density at radius 3 is 3.00 bits per heavy atom. The van der Waals surface area contributed by atoms with Gasteiger partial charge in [-0.15, -0.1) is 0 Å². The summed E-state index contributed by atoms with van der Waals surface area (Å²) in [7, 11) is 0. The molecule has 2 atom stereocenters. The first-order valence-electron chi connectivity index (χ1n) is 6.42. The SMILES string of the molecule is CC1CCN(CC2CCCCO2)CCN1. The molecule has 0 spiro atoms. The van der Waals surface area contributed by atoms with Gasteiger partial charge >= 0.3 is 0 Å². The summed E-state index contributed by atoms with van der Waals surface area (Å²) in [6.45, 7) is 7.95. The maximum Gasteiger partial charge on any atom is 0.0702 e. The Morgan fingerprint density at radius 1 is 1.27 bits per heavy atom. The highest BCUT2D eigenvalue weighted by Crippen LogP contribution is 2.14. The maximum atomic E-state index is 5.79. The van der Waals surface area contributed by atoms with Crippen molar-refractivity contribution in [1.29, 1.82) is 0 Å². The first kappa shape index (κ1) is 11.4. The zero-order valence-electron chi connectivity index (χ0n) is 9.87. The van der Waals surface area contributed by atoms with Gasteiger partial charge in [-0.05, 0) is 39.2 Å². The quantitative estimate of drug-likeness (QED) is 0.745. The van der Waals surface area contributed by atoms with E-state index in [0.717, 1.165) is 19.7 Å². The van der Waals surface area contributed by atoms with Crippen LogP contribution in [0.2, 0.25) is 0 Å². The lowest BCUT2D eigenvalue weighted by Gasteiger charge is -2.28. The fourth-order valence-electron chi connectivity index (χ4n) is 2.48. The molecule has 3 nitrogen and oxygen atoms in total. The van der Waals surface area contributed by atoms with Crippen LogP contribution in [-0.4, -0.2) is 49.8 Å². The van der Waals surface area contributed by atoms with Gasteiger partial charge in [0.1, 0.15) is 0 Å². The number of nitrogens with zero attached hydrogens (tertiary/aromatic N) is 1. The van der Waals surface area contributed by atoms with Crippen LogP contribution < -0.4 is 5.32 Å². The highest BCUT2D eigenvalue weighted by Gasteiger charge is 2.19. The minimum absolute atomic E-state index is 0.507. The monoisotopic (exact) mass is 212 g/mol. The lowest BCUT2D eigenvalue weighted by atomic mass is 10.1. The molecule has 2 unspecified atom stereocenters. The van der Waals surface area contributed by atoms with Crippen LogP contribution in [0.3, 0.4) is 0 Å². The molecule has 2 aliphatic rings. The van der Waals surface area contributed by atoms with Crippen LogP contribution in [0.1, 0.15) is 32.6 Å². The van der Waals surface area contributed by atoms with Crippen molar-refractivity contribution in [3.8, 4) is 0 Å². The third-order valence-electron chi connectivity index (χ3n) is 3.53. The second-order valence-corrected chi connectivity index (χ2v) is 4.93. The Kier molecular flexibility index (Phi) is 4.42. The largest absolute Gasteiger partial charge is 0.377 e. The van der Waals surface area contributed by atoms with Gasteiger partial charge in [0.2, 0.25) is 0 Å². The van der Waals surface area contributed by atoms with E-state index in [-0.39, 0.29) is 0 Å². The third kappa shape index (κ3) is 3.74. The number of hydrogen-bond donors (Lipinski definition) is 1. The molecule has 0 saturated carbocycles. The van der Waals surface area contributed by atoms with E-state index in [1.54, 1.807) is 0 Å². The molecule has 0 aromatic rings. The Morgan fingerprint density at radius 2 is 2.20 bits per heavy atom. The molecule has 15 heavy (non-hydrogen) atoms. The van der Waals surface area contributed by atoms with Crippen LogP contribution in [0.15, 0.2) is 0 Å². The zero-order chi connectivity index (χ0) is 10.5. The van der Waals surface area contributed by atoms with E-state index in [2.05, 4.69) is 17.1 Å². The fourth-order valence-corrected chi connectivity index (χ4v) is 2.48. The van der Waals surface area contributed by atoms with Gasteiger partial charge in [-0.25, -0.2) is 0 Å². The molecule has 0 radical (unpaired) electrons. The molecule has 0 aromatic heterocycles. The van der Waals surface area contributed by atoms with Crippen molar-refractivity contribution >= 4 is 0 Å². The van der Waals surface area contributed by atoms with Crippen molar-refractivity contribution in [2.24, 2.45) is 0 Å². The zero-order valence-corrected chi connectivity index (χ0v) is 9.87. The predicted octanol–water partition coefficient (Wildman–Crippen LogP) is 1.24. The van der Waals surface area contributed by atoms with Crippen LogP contribution in [0.4, 0.5) is 0 Å². The van der Waals surface area contributed by atoms with Gasteiger partial charge < -0.3 is 10.1 Å². The van der Waals surface area contributed by atoms with Gasteiger partial charge in [-0.2, -0.15) is 0 Å². The molecule has 0 bridgehead atoms. The van der Waals surface area contributed by atoms with E-state index >= 15 is 0 Å². The minimum Gasteiger partial charge on any atom is -0.377 e. The number of hydrogen-bond acceptors (Lipinski definition) is 3. The molecule has 88 valence electrons. The van der Waals surface area contributed by atoms with Crippen molar-refractivity contribution in [3.05, 3.63) is 0 Å². The van der Waals surface area contributed by atoms with E-state index in [9.17, 15) is 0 Å². The number of rotatable bonds is 2. The van der Waals surface area contributed by atoms with E-state index in [4.69, 9.17) is 4.74 Å². The molecule has 2 fully saturated rings. The summed E-state index contributed by atoms with van der Waals surface area (Å²) in [6, 6.07) is 0.683. The Bertz CT molecular complexity index is 180. The van der Waals surface area contributed by atoms with Crippen LogP contribution in [-0.2, 0) is 4.74 Å². The fraction of sp³-hybridized carbons (Fsp3) is 1.00. The molecular formula is C12H24N2O. The maximum absolute atomic E-state index is 5.79. The summed E-state index contributed by atoms with van der Waals surface area (Å²) in [4.78, 5) is 2.56. The lowest BCUT2D eigenvalue weighted by molar-refractivity contribution is -0.00467. The summed E-state index contributed by atoms with van der Waals surface area (Å²) >= 11 is 0. The summed E-state index contributed by atoms with van der Waals surface area (Å²) in [5.74, 6) is 0. The van der Waals surface area contributed by atoms with Gasteiger partial charge in [0.05, 0.1) is 6.10 Å². The summed E-state index contributed by atoms with van der Waals surface area (Å²) in [5, 5.41) is 3.53. The standard InChI is InChI=1S/C12H24N2O/c1-11-5-7-14(8-6-13-11)10-12-4-2-3-9-15-12/h11-13H,2-10H2,1H3. The molecule has 0 aromatic carbocycles. The molecule has 3 heteroatoms. The molecular weight excluding hydrogens is 188 g/mol. The van der Waals surface area contributed by atoms with Gasteiger partial charge in [0.25, 0.3) is 0 Å². The highest BCUT2D eigenvalue weighted by molar-refractivity contribution is 4.75. The Labute approximate surface area is 93.2 Å². The third-order valence-corrected chi connectivity index (χ3v) is 3.53. The Hall–Kier alpha value is -0.120. The lowest BCUT2D eigenvalue weighted by Crippen LogP contribution is -2.37. The Balaban J connectivity index is 1.72. The average Bonchev–Trinajstić information content (AvgIpc) is 2.46. The van der Waals surface area contributed by atoms with E-state index in [1.165, 1.54) is 38.8 Å². The predicted molar refractivity (Wildman–Crippen MR) is 62.1 cm³/mol. The molecule has 2 aliphatic heterocycles. The molecule has 0 amide bonds. The van der Waals surface area contributed by atoms with Gasteiger partial charge in [-0.3, -0.25) is 4.90 Å². The molecule has 2 heterocycles. The van der Waals surface area contributed by atoms with Crippen LogP contribution in [0.25, 0.3) is 0 Å². The molecule has 2 rings (SSSR count). The molecule has 1 N–H and O–H groups in total. The summed E-state index contributed by atoms with van der Waals surface area (Å²) in [5.41, 5.74) is 0. The normalized spacial score (nSPS) is 35.0. The smallest absolute Gasteiger partial charge is 0.0702 e. The number of ether oxygens (including phenoxy) is 1. The second-order valence-electron chi connectivity index (χ2n) is 4.93. The average molecular weight is 212 g/mol.